The van der Waals surface area contributed by atoms with E-state index in [1.807, 2.05) is 0 Å². The van der Waals surface area contributed by atoms with E-state index >= 15 is 0 Å². The molecule has 0 atom stereocenters. The van der Waals surface area contributed by atoms with E-state index in [0.717, 1.165) is 4.68 Å². The molecule has 31 heavy (non-hydrogen) atoms. The van der Waals surface area contributed by atoms with Gasteiger partial charge in [-0.2, -0.15) is 4.68 Å². The molecule has 2 aromatic heterocycles. The normalized spacial score (nSPS) is 11.1. The molecule has 0 unspecified atom stereocenters. The molecule has 0 saturated carbocycles. The molecule has 0 fully saturated rings. The Labute approximate surface area is 174 Å². The highest BCUT2D eigenvalue weighted by Gasteiger charge is 2.19. The number of aromatic nitrogens is 4. The Morgan fingerprint density at radius 1 is 0.774 bits per heavy atom. The fourth-order valence-corrected chi connectivity index (χ4v) is 3.64. The molecule has 0 aliphatic heterocycles. The first kappa shape index (κ1) is 18.6. The number of H-pyrrole nitrogens is 1. The molecule has 0 bridgehead atoms. The number of benzene rings is 3. The molecule has 1 N–H and O–H groups in total. The predicted molar refractivity (Wildman–Crippen MR) is 118 cm³/mol. The molecule has 8 heteroatoms. The standard InChI is InChI=1S/C23H16N4O4/c1-31-19-13-7-6-12-18(19)26-21(29)16-10-4-5-11-17(16)24-23(26)27-22(30)15-9-3-2-8-14(15)20(28)25-27/h2-13H,1H3,(H,25,28). The lowest BCUT2D eigenvalue weighted by Crippen LogP contribution is -2.34. The third-order valence-electron chi connectivity index (χ3n) is 5.10. The molecule has 3 aromatic carbocycles. The number of hydrogen-bond donors (Lipinski definition) is 1. The van der Waals surface area contributed by atoms with E-state index in [4.69, 9.17) is 4.74 Å². The molecule has 0 radical (unpaired) electrons. The summed E-state index contributed by atoms with van der Waals surface area (Å²) in [6.07, 6.45) is 0. The van der Waals surface area contributed by atoms with Crippen molar-refractivity contribution in [1.29, 1.82) is 0 Å². The maximum absolute atomic E-state index is 13.5. The van der Waals surface area contributed by atoms with Crippen molar-refractivity contribution in [1.82, 2.24) is 19.3 Å². The molecule has 8 nitrogen and oxygen atoms in total. The van der Waals surface area contributed by atoms with Crippen molar-refractivity contribution in [2.45, 2.75) is 0 Å². The second-order valence-corrected chi connectivity index (χ2v) is 6.87. The van der Waals surface area contributed by atoms with E-state index in [-0.39, 0.29) is 16.7 Å². The van der Waals surface area contributed by atoms with Crippen molar-refractivity contribution < 1.29 is 4.74 Å². The van der Waals surface area contributed by atoms with Crippen LogP contribution < -0.4 is 21.4 Å². The molecular formula is C23H16N4O4. The van der Waals surface area contributed by atoms with E-state index < -0.39 is 16.7 Å². The van der Waals surface area contributed by atoms with E-state index in [0.29, 0.717) is 22.3 Å². The number of rotatable bonds is 3. The van der Waals surface area contributed by atoms with Crippen LogP contribution in [0.25, 0.3) is 33.3 Å². The molecule has 0 aliphatic rings. The Balaban J connectivity index is 1.98. The third kappa shape index (κ3) is 2.84. The van der Waals surface area contributed by atoms with Crippen LogP contribution in [-0.4, -0.2) is 26.4 Å². The van der Waals surface area contributed by atoms with Crippen LogP contribution in [0.15, 0.2) is 87.2 Å². The van der Waals surface area contributed by atoms with Gasteiger partial charge in [0.2, 0.25) is 5.95 Å². The molecule has 5 rings (SSSR count). The summed E-state index contributed by atoms with van der Waals surface area (Å²) in [6, 6.07) is 20.2. The zero-order chi connectivity index (χ0) is 21.5. The van der Waals surface area contributed by atoms with Crippen molar-refractivity contribution in [3.63, 3.8) is 0 Å². The topological polar surface area (TPSA) is 99.0 Å². The fourth-order valence-electron chi connectivity index (χ4n) is 3.64. The van der Waals surface area contributed by atoms with Gasteiger partial charge in [0.1, 0.15) is 5.75 Å². The summed E-state index contributed by atoms with van der Waals surface area (Å²) in [6.45, 7) is 0. The fraction of sp³-hybridized carbons (Fsp3) is 0.0435. The van der Waals surface area contributed by atoms with E-state index in [9.17, 15) is 14.4 Å². The Bertz CT molecular complexity index is 1650. The van der Waals surface area contributed by atoms with Crippen LogP contribution in [0.5, 0.6) is 5.75 Å². The second kappa shape index (κ2) is 7.10. The molecule has 152 valence electrons. The average Bonchev–Trinajstić information content (AvgIpc) is 2.81. The van der Waals surface area contributed by atoms with Crippen LogP contribution in [0.3, 0.4) is 0 Å². The first-order chi connectivity index (χ1) is 15.1. The van der Waals surface area contributed by atoms with Crippen molar-refractivity contribution in [3.8, 4) is 17.4 Å². The second-order valence-electron chi connectivity index (χ2n) is 6.87. The van der Waals surface area contributed by atoms with Crippen LogP contribution in [0.4, 0.5) is 0 Å². The van der Waals surface area contributed by atoms with Crippen molar-refractivity contribution >= 4 is 21.7 Å². The van der Waals surface area contributed by atoms with Crippen LogP contribution in [0.1, 0.15) is 0 Å². The van der Waals surface area contributed by atoms with E-state index in [1.165, 1.54) is 11.7 Å². The molecule has 5 aromatic rings. The lowest BCUT2D eigenvalue weighted by Gasteiger charge is -2.17. The highest BCUT2D eigenvalue weighted by molar-refractivity contribution is 5.81. The number of nitrogens with one attached hydrogen (secondary N) is 1. The van der Waals surface area contributed by atoms with E-state index in [1.54, 1.807) is 72.8 Å². The van der Waals surface area contributed by atoms with Gasteiger partial charge in [-0.1, -0.05) is 36.4 Å². The maximum Gasteiger partial charge on any atom is 0.280 e. The summed E-state index contributed by atoms with van der Waals surface area (Å²) in [5, 5.41) is 3.41. The van der Waals surface area contributed by atoms with Crippen molar-refractivity contribution in [2.24, 2.45) is 0 Å². The zero-order valence-electron chi connectivity index (χ0n) is 16.4. The highest BCUT2D eigenvalue weighted by atomic mass is 16.5. The van der Waals surface area contributed by atoms with Crippen LogP contribution in [0, 0.1) is 0 Å². The summed E-state index contributed by atoms with van der Waals surface area (Å²) in [4.78, 5) is 44.0. The van der Waals surface area contributed by atoms with Crippen LogP contribution >= 0.6 is 0 Å². The number of fused-ring (bicyclic) bond motifs is 2. The summed E-state index contributed by atoms with van der Waals surface area (Å²) < 4.78 is 7.71. The molecule has 2 heterocycles. The summed E-state index contributed by atoms with van der Waals surface area (Å²) in [7, 11) is 1.49. The number of para-hydroxylation sites is 3. The van der Waals surface area contributed by atoms with Gasteiger partial charge in [-0.15, -0.1) is 0 Å². The number of hydrogen-bond acceptors (Lipinski definition) is 5. The van der Waals surface area contributed by atoms with Crippen molar-refractivity contribution in [2.75, 3.05) is 7.11 Å². The maximum atomic E-state index is 13.5. The summed E-state index contributed by atoms with van der Waals surface area (Å²) >= 11 is 0. The number of nitrogens with zero attached hydrogens (tertiary/aromatic N) is 3. The van der Waals surface area contributed by atoms with Gasteiger partial charge in [-0.05, 0) is 36.4 Å². The number of aromatic amines is 1. The Kier molecular flexibility index (Phi) is 4.25. The minimum Gasteiger partial charge on any atom is -0.495 e. The summed E-state index contributed by atoms with van der Waals surface area (Å²) in [5.74, 6) is 0.375. The lowest BCUT2D eigenvalue weighted by atomic mass is 10.2. The van der Waals surface area contributed by atoms with Gasteiger partial charge in [0, 0.05) is 0 Å². The van der Waals surface area contributed by atoms with Crippen LogP contribution in [0.2, 0.25) is 0 Å². The Morgan fingerprint density at radius 2 is 1.42 bits per heavy atom. The summed E-state index contributed by atoms with van der Waals surface area (Å²) in [5.41, 5.74) is -0.574. The third-order valence-corrected chi connectivity index (χ3v) is 5.10. The van der Waals surface area contributed by atoms with Gasteiger partial charge in [0.25, 0.3) is 16.7 Å². The minimum absolute atomic E-state index is 0.0407. The number of ether oxygens (including phenoxy) is 1. The van der Waals surface area contributed by atoms with E-state index in [2.05, 4.69) is 10.1 Å². The molecule has 0 spiro atoms. The van der Waals surface area contributed by atoms with Gasteiger partial charge < -0.3 is 4.74 Å². The smallest absolute Gasteiger partial charge is 0.280 e. The molecular weight excluding hydrogens is 396 g/mol. The quantitative estimate of drug-likeness (QED) is 0.491. The SMILES string of the molecule is COc1ccccc1-n1c(-n2[nH]c(=O)c3ccccc3c2=O)nc2ccccc2c1=O. The minimum atomic E-state index is -0.499. The Hall–Kier alpha value is -4.46. The highest BCUT2D eigenvalue weighted by Crippen LogP contribution is 2.23. The molecule has 0 amide bonds. The Morgan fingerprint density at radius 3 is 2.19 bits per heavy atom. The van der Waals surface area contributed by atoms with Gasteiger partial charge in [-0.3, -0.25) is 19.5 Å². The predicted octanol–water partition coefficient (Wildman–Crippen LogP) is 2.39. The van der Waals surface area contributed by atoms with Gasteiger partial charge >= 0.3 is 0 Å². The first-order valence-corrected chi connectivity index (χ1v) is 9.50. The molecule has 0 aliphatic carbocycles. The zero-order valence-corrected chi connectivity index (χ0v) is 16.4. The average molecular weight is 412 g/mol. The van der Waals surface area contributed by atoms with Gasteiger partial charge in [-0.25, -0.2) is 9.55 Å². The lowest BCUT2D eigenvalue weighted by molar-refractivity contribution is 0.412. The first-order valence-electron chi connectivity index (χ1n) is 9.50. The van der Waals surface area contributed by atoms with Crippen molar-refractivity contribution in [3.05, 3.63) is 104 Å². The van der Waals surface area contributed by atoms with Gasteiger partial charge in [0.15, 0.2) is 0 Å². The van der Waals surface area contributed by atoms with Crippen LogP contribution in [-0.2, 0) is 0 Å². The number of methoxy groups -OCH3 is 1. The van der Waals surface area contributed by atoms with Gasteiger partial charge in [0.05, 0.1) is 34.5 Å². The largest absolute Gasteiger partial charge is 0.495 e. The molecule has 0 saturated heterocycles. The monoisotopic (exact) mass is 412 g/mol.